The van der Waals surface area contributed by atoms with Gasteiger partial charge >= 0.3 is 0 Å². The third kappa shape index (κ3) is 4.76. The number of pyridine rings is 2. The van der Waals surface area contributed by atoms with Crippen molar-refractivity contribution < 1.29 is 13.7 Å². The fourth-order valence-electron chi connectivity index (χ4n) is 3.88. The number of aryl methyl sites for hydroxylation is 2. The summed E-state index contributed by atoms with van der Waals surface area (Å²) in [6.45, 7) is 3.91. The van der Waals surface area contributed by atoms with Gasteiger partial charge in [0.1, 0.15) is 23.6 Å². The van der Waals surface area contributed by atoms with Gasteiger partial charge in [-0.05, 0) is 49.7 Å². The van der Waals surface area contributed by atoms with Gasteiger partial charge in [0, 0.05) is 24.0 Å². The monoisotopic (exact) mass is 483 g/mol. The van der Waals surface area contributed by atoms with Gasteiger partial charge in [-0.2, -0.15) is 4.98 Å². The molecule has 0 saturated heterocycles. The van der Waals surface area contributed by atoms with E-state index in [9.17, 15) is 14.0 Å². The quantitative estimate of drug-likeness (QED) is 0.389. The lowest BCUT2D eigenvalue weighted by molar-refractivity contribution is -0.121. The minimum Gasteiger partial charge on any atom is -0.350 e. The fourth-order valence-corrected chi connectivity index (χ4v) is 3.88. The molecular weight excluding hydrogens is 461 g/mol. The van der Waals surface area contributed by atoms with Crippen LogP contribution in [0.4, 0.5) is 4.39 Å². The summed E-state index contributed by atoms with van der Waals surface area (Å²) in [5.74, 6) is -0.229. The molecule has 0 bridgehead atoms. The smallest absolute Gasteiger partial charge is 0.263 e. The van der Waals surface area contributed by atoms with Gasteiger partial charge in [-0.25, -0.2) is 9.37 Å². The summed E-state index contributed by atoms with van der Waals surface area (Å²) in [5, 5.41) is 7.19. The molecule has 5 rings (SSSR count). The molecule has 0 fully saturated rings. The fraction of sp³-hybridized carbons (Fsp3) is 0.148. The van der Waals surface area contributed by atoms with Gasteiger partial charge in [-0.15, -0.1) is 0 Å². The Balaban J connectivity index is 1.49. The summed E-state index contributed by atoms with van der Waals surface area (Å²) in [4.78, 5) is 35.0. The van der Waals surface area contributed by atoms with Crippen molar-refractivity contribution >= 4 is 16.9 Å². The largest absolute Gasteiger partial charge is 0.350 e. The number of hydrogen-bond acceptors (Lipinski definition) is 6. The molecule has 8 nitrogen and oxygen atoms in total. The van der Waals surface area contributed by atoms with Crippen LogP contribution in [0, 0.1) is 19.7 Å². The van der Waals surface area contributed by atoms with Crippen LogP contribution in [0.3, 0.4) is 0 Å². The van der Waals surface area contributed by atoms with E-state index in [4.69, 9.17) is 4.52 Å². The molecule has 1 amide bonds. The number of hydrogen-bond donors (Lipinski definition) is 1. The van der Waals surface area contributed by atoms with E-state index < -0.39 is 0 Å². The highest BCUT2D eigenvalue weighted by molar-refractivity contribution is 5.83. The maximum absolute atomic E-state index is 13.3. The van der Waals surface area contributed by atoms with Crippen molar-refractivity contribution in [2.24, 2.45) is 0 Å². The number of rotatable bonds is 6. The summed E-state index contributed by atoms with van der Waals surface area (Å²) >= 11 is 0. The lowest BCUT2D eigenvalue weighted by Crippen LogP contribution is -2.28. The first-order valence-corrected chi connectivity index (χ1v) is 11.3. The number of carbonyl (C=O) groups is 1. The Morgan fingerprint density at radius 1 is 1.06 bits per heavy atom. The molecule has 9 heteroatoms. The Bertz CT molecular complexity index is 1640. The number of aromatic nitrogens is 4. The van der Waals surface area contributed by atoms with Crippen LogP contribution >= 0.6 is 0 Å². The SMILES string of the molecule is Cc1cccc(-c2noc(-c3cn(CC(=O)NCc4ccc(F)cc4)c4nc(C)ccc4c3=O)n2)c1. The molecule has 5 aromatic rings. The average Bonchev–Trinajstić information content (AvgIpc) is 3.35. The van der Waals surface area contributed by atoms with E-state index in [1.165, 1.54) is 18.3 Å². The van der Waals surface area contributed by atoms with E-state index in [0.29, 0.717) is 22.6 Å². The molecule has 0 saturated carbocycles. The van der Waals surface area contributed by atoms with Crippen molar-refractivity contribution in [1.82, 2.24) is 25.0 Å². The van der Waals surface area contributed by atoms with Crippen molar-refractivity contribution in [3.8, 4) is 22.8 Å². The molecule has 0 radical (unpaired) electrons. The third-order valence-corrected chi connectivity index (χ3v) is 5.71. The van der Waals surface area contributed by atoms with Crippen LogP contribution in [-0.4, -0.2) is 25.6 Å². The standard InChI is InChI=1S/C27H22FN5O3/c1-16-4-3-5-19(12-16)25-31-27(36-32-25)22-14-33(26-21(24(22)35)11-6-17(2)30-26)15-23(34)29-13-18-7-9-20(28)10-8-18/h3-12,14H,13,15H2,1-2H3,(H,29,34). The van der Waals surface area contributed by atoms with Crippen LogP contribution in [0.1, 0.15) is 16.8 Å². The number of amides is 1. The van der Waals surface area contributed by atoms with E-state index in [1.54, 1.807) is 28.8 Å². The van der Waals surface area contributed by atoms with Gasteiger partial charge in [-0.1, -0.05) is 41.1 Å². The summed E-state index contributed by atoms with van der Waals surface area (Å²) in [5.41, 5.74) is 3.50. The van der Waals surface area contributed by atoms with Crippen molar-refractivity contribution in [3.05, 3.63) is 99.7 Å². The molecule has 0 aliphatic carbocycles. The minimum atomic E-state index is -0.342. The summed E-state index contributed by atoms with van der Waals surface area (Å²) in [7, 11) is 0. The first kappa shape index (κ1) is 23.1. The topological polar surface area (TPSA) is 103 Å². The lowest BCUT2D eigenvalue weighted by Gasteiger charge is -2.12. The third-order valence-electron chi connectivity index (χ3n) is 5.71. The molecule has 36 heavy (non-hydrogen) atoms. The van der Waals surface area contributed by atoms with Crippen LogP contribution in [0.2, 0.25) is 0 Å². The average molecular weight is 484 g/mol. The van der Waals surface area contributed by atoms with Crippen LogP contribution in [-0.2, 0) is 17.9 Å². The zero-order valence-electron chi connectivity index (χ0n) is 19.7. The number of nitrogens with zero attached hydrogens (tertiary/aromatic N) is 4. The molecule has 3 heterocycles. The van der Waals surface area contributed by atoms with Gasteiger partial charge in [0.05, 0.1) is 5.39 Å². The van der Waals surface area contributed by atoms with Crippen molar-refractivity contribution in [2.45, 2.75) is 26.9 Å². The molecule has 180 valence electrons. The Kier molecular flexibility index (Phi) is 6.12. The minimum absolute atomic E-state index is 0.0550. The zero-order chi connectivity index (χ0) is 25.2. The molecule has 0 unspecified atom stereocenters. The molecule has 0 aliphatic heterocycles. The number of carbonyl (C=O) groups excluding carboxylic acids is 1. The van der Waals surface area contributed by atoms with Crippen LogP contribution in [0.15, 0.2) is 76.2 Å². The second-order valence-electron chi connectivity index (χ2n) is 8.52. The van der Waals surface area contributed by atoms with E-state index in [0.717, 1.165) is 16.7 Å². The summed E-state index contributed by atoms with van der Waals surface area (Å²) in [6.07, 6.45) is 1.52. The molecule has 2 aromatic carbocycles. The van der Waals surface area contributed by atoms with Crippen LogP contribution in [0.5, 0.6) is 0 Å². The van der Waals surface area contributed by atoms with Crippen LogP contribution in [0.25, 0.3) is 33.9 Å². The molecule has 3 aromatic heterocycles. The molecule has 1 N–H and O–H groups in total. The highest BCUT2D eigenvalue weighted by Crippen LogP contribution is 2.23. The Morgan fingerprint density at radius 2 is 1.86 bits per heavy atom. The van der Waals surface area contributed by atoms with Crippen molar-refractivity contribution in [1.29, 1.82) is 0 Å². The van der Waals surface area contributed by atoms with Crippen molar-refractivity contribution in [2.75, 3.05) is 0 Å². The summed E-state index contributed by atoms with van der Waals surface area (Å²) in [6, 6.07) is 16.9. The van der Waals surface area contributed by atoms with E-state index in [2.05, 4.69) is 20.4 Å². The van der Waals surface area contributed by atoms with E-state index in [-0.39, 0.29) is 41.7 Å². The highest BCUT2D eigenvalue weighted by atomic mass is 19.1. The van der Waals surface area contributed by atoms with E-state index >= 15 is 0 Å². The van der Waals surface area contributed by atoms with Gasteiger partial charge in [0.15, 0.2) is 0 Å². The molecule has 0 atom stereocenters. The predicted molar refractivity (Wildman–Crippen MR) is 132 cm³/mol. The summed E-state index contributed by atoms with van der Waals surface area (Å²) < 4.78 is 20.2. The number of fused-ring (bicyclic) bond motifs is 1. The number of benzene rings is 2. The zero-order valence-corrected chi connectivity index (χ0v) is 19.7. The van der Waals surface area contributed by atoms with Gasteiger partial charge in [-0.3, -0.25) is 9.59 Å². The van der Waals surface area contributed by atoms with Gasteiger partial charge in [0.25, 0.3) is 5.89 Å². The van der Waals surface area contributed by atoms with Crippen molar-refractivity contribution in [3.63, 3.8) is 0 Å². The maximum atomic E-state index is 13.3. The lowest BCUT2D eigenvalue weighted by atomic mass is 10.1. The van der Waals surface area contributed by atoms with Crippen LogP contribution < -0.4 is 10.7 Å². The molecule has 0 spiro atoms. The Morgan fingerprint density at radius 3 is 2.64 bits per heavy atom. The second-order valence-corrected chi connectivity index (χ2v) is 8.52. The molecular formula is C27H22FN5O3. The Labute approximate surface area is 205 Å². The number of nitrogens with one attached hydrogen (secondary N) is 1. The maximum Gasteiger partial charge on any atom is 0.263 e. The predicted octanol–water partition coefficient (Wildman–Crippen LogP) is 4.19. The first-order valence-electron chi connectivity index (χ1n) is 11.3. The Hall–Kier alpha value is -4.66. The highest BCUT2D eigenvalue weighted by Gasteiger charge is 2.19. The normalized spacial score (nSPS) is 11.1. The second kappa shape index (κ2) is 9.53. The van der Waals surface area contributed by atoms with E-state index in [1.807, 2.05) is 38.1 Å². The van der Waals surface area contributed by atoms with Gasteiger partial charge in [0.2, 0.25) is 17.2 Å². The number of halogens is 1. The first-order chi connectivity index (χ1) is 17.4. The van der Waals surface area contributed by atoms with Gasteiger partial charge < -0.3 is 14.4 Å². The molecule has 0 aliphatic rings.